The summed E-state index contributed by atoms with van der Waals surface area (Å²) in [6.45, 7) is 11.4. The minimum absolute atomic E-state index is 0.193. The molecule has 5 nitrogen and oxygen atoms in total. The lowest BCUT2D eigenvalue weighted by molar-refractivity contribution is 0.0122. The minimum atomic E-state index is -0.422. The van der Waals surface area contributed by atoms with Crippen LogP contribution in [-0.2, 0) is 4.74 Å². The highest BCUT2D eigenvalue weighted by Crippen LogP contribution is 2.21. The van der Waals surface area contributed by atoms with E-state index in [0.29, 0.717) is 0 Å². The van der Waals surface area contributed by atoms with Crippen LogP contribution in [0.25, 0.3) is 0 Å². The number of nitrogens with zero attached hydrogens (tertiary/aromatic N) is 2. The Hall–Kier alpha value is -0.810. The van der Waals surface area contributed by atoms with Crippen LogP contribution in [0, 0.1) is 5.92 Å². The molecule has 2 saturated heterocycles. The van der Waals surface area contributed by atoms with Gasteiger partial charge in [0.2, 0.25) is 0 Å². The summed E-state index contributed by atoms with van der Waals surface area (Å²) in [7, 11) is 1.88. The molecule has 2 heterocycles. The van der Waals surface area contributed by atoms with E-state index in [0.717, 1.165) is 32.0 Å². The van der Waals surface area contributed by atoms with Crippen LogP contribution in [-0.4, -0.2) is 67.3 Å². The van der Waals surface area contributed by atoms with Crippen molar-refractivity contribution >= 4 is 6.09 Å². The summed E-state index contributed by atoms with van der Waals surface area (Å²) in [4.78, 5) is 16.6. The number of carbonyl (C=O) groups is 1. The number of amides is 1. The number of rotatable bonds is 3. The second-order valence-corrected chi connectivity index (χ2v) is 7.84. The van der Waals surface area contributed by atoms with E-state index >= 15 is 0 Å². The minimum Gasteiger partial charge on any atom is -0.444 e. The summed E-state index contributed by atoms with van der Waals surface area (Å²) in [6, 6.07) is 0.283. The highest BCUT2D eigenvalue weighted by molar-refractivity contribution is 5.68. The van der Waals surface area contributed by atoms with Crippen molar-refractivity contribution in [1.82, 2.24) is 15.1 Å². The molecule has 1 unspecified atom stereocenters. The standard InChI is InChI=1S/C17H33N3O2/c1-17(2,3)22-16(21)19(4)15-6-5-11-20(13-15)12-14-7-9-18-10-8-14/h14-15,18H,5-13H2,1-4H3. The zero-order chi connectivity index (χ0) is 16.2. The van der Waals surface area contributed by atoms with E-state index in [1.807, 2.05) is 27.8 Å². The lowest BCUT2D eigenvalue weighted by Gasteiger charge is -2.39. The van der Waals surface area contributed by atoms with E-state index < -0.39 is 5.60 Å². The summed E-state index contributed by atoms with van der Waals surface area (Å²) < 4.78 is 5.50. The Morgan fingerprint density at radius 1 is 1.27 bits per heavy atom. The van der Waals surface area contributed by atoms with E-state index in [4.69, 9.17) is 4.74 Å². The Labute approximate surface area is 135 Å². The van der Waals surface area contributed by atoms with Gasteiger partial charge in [-0.2, -0.15) is 0 Å². The van der Waals surface area contributed by atoms with Crippen LogP contribution < -0.4 is 5.32 Å². The quantitative estimate of drug-likeness (QED) is 0.869. The summed E-state index contributed by atoms with van der Waals surface area (Å²) >= 11 is 0. The maximum absolute atomic E-state index is 12.2. The van der Waals surface area contributed by atoms with Crippen molar-refractivity contribution in [2.24, 2.45) is 5.92 Å². The molecule has 1 amide bonds. The fourth-order valence-corrected chi connectivity index (χ4v) is 3.43. The average molecular weight is 311 g/mol. The number of nitrogens with one attached hydrogen (secondary N) is 1. The first-order valence-corrected chi connectivity index (χ1v) is 8.74. The summed E-state index contributed by atoms with van der Waals surface area (Å²) in [5.74, 6) is 0.812. The first-order chi connectivity index (χ1) is 10.3. The second-order valence-electron chi connectivity index (χ2n) is 7.84. The fraction of sp³-hybridized carbons (Fsp3) is 0.941. The van der Waals surface area contributed by atoms with Gasteiger partial charge in [0.1, 0.15) is 5.60 Å². The van der Waals surface area contributed by atoms with Gasteiger partial charge in [-0.3, -0.25) is 0 Å². The Morgan fingerprint density at radius 3 is 2.59 bits per heavy atom. The number of likely N-dealkylation sites (tertiary alicyclic amines) is 1. The third-order valence-electron chi connectivity index (χ3n) is 4.68. The number of likely N-dealkylation sites (N-methyl/N-ethyl adjacent to an activating group) is 1. The van der Waals surface area contributed by atoms with E-state index in [2.05, 4.69) is 10.2 Å². The zero-order valence-electron chi connectivity index (χ0n) is 14.7. The van der Waals surface area contributed by atoms with Gasteiger partial charge >= 0.3 is 6.09 Å². The van der Waals surface area contributed by atoms with Gasteiger partial charge in [-0.05, 0) is 72.0 Å². The van der Waals surface area contributed by atoms with E-state index in [-0.39, 0.29) is 12.1 Å². The van der Waals surface area contributed by atoms with Gasteiger partial charge in [0, 0.05) is 26.2 Å². The first kappa shape index (κ1) is 17.5. The maximum atomic E-state index is 12.2. The molecule has 0 aromatic rings. The second kappa shape index (κ2) is 7.64. The Bertz CT molecular complexity index is 361. The molecule has 0 aromatic heterocycles. The molecule has 0 spiro atoms. The highest BCUT2D eigenvalue weighted by atomic mass is 16.6. The molecule has 5 heteroatoms. The van der Waals surface area contributed by atoms with Crippen molar-refractivity contribution in [3.8, 4) is 0 Å². The Kier molecular flexibility index (Phi) is 6.09. The number of piperidine rings is 2. The summed E-state index contributed by atoms with van der Waals surface area (Å²) in [5.41, 5.74) is -0.422. The third kappa shape index (κ3) is 5.43. The molecule has 1 N–H and O–H groups in total. The van der Waals surface area contributed by atoms with Gasteiger partial charge in [0.25, 0.3) is 0 Å². The van der Waals surface area contributed by atoms with Gasteiger partial charge in [0.05, 0.1) is 0 Å². The molecule has 2 rings (SSSR count). The van der Waals surface area contributed by atoms with Crippen LogP contribution >= 0.6 is 0 Å². The third-order valence-corrected chi connectivity index (χ3v) is 4.68. The number of ether oxygens (including phenoxy) is 1. The molecule has 128 valence electrons. The van der Waals surface area contributed by atoms with Crippen molar-refractivity contribution in [2.45, 2.75) is 58.1 Å². The lowest BCUT2D eigenvalue weighted by atomic mass is 9.95. The molecule has 0 aromatic carbocycles. The Morgan fingerprint density at radius 2 is 1.95 bits per heavy atom. The van der Waals surface area contributed by atoms with Crippen LogP contribution in [0.1, 0.15) is 46.5 Å². The predicted octanol–water partition coefficient (Wildman–Crippen LogP) is 2.32. The van der Waals surface area contributed by atoms with E-state index in [1.54, 1.807) is 4.90 Å². The average Bonchev–Trinajstić information content (AvgIpc) is 2.46. The molecule has 2 aliphatic heterocycles. The summed E-state index contributed by atoms with van der Waals surface area (Å²) in [5, 5.41) is 3.43. The van der Waals surface area contributed by atoms with Crippen LogP contribution in [0.4, 0.5) is 4.79 Å². The van der Waals surface area contributed by atoms with Gasteiger partial charge in [-0.15, -0.1) is 0 Å². The van der Waals surface area contributed by atoms with Crippen molar-refractivity contribution < 1.29 is 9.53 Å². The zero-order valence-corrected chi connectivity index (χ0v) is 14.7. The first-order valence-electron chi connectivity index (χ1n) is 8.74. The molecular formula is C17H33N3O2. The smallest absolute Gasteiger partial charge is 0.410 e. The van der Waals surface area contributed by atoms with Gasteiger partial charge < -0.3 is 19.9 Å². The molecule has 0 aliphatic carbocycles. The number of carbonyl (C=O) groups excluding carboxylic acids is 1. The molecule has 0 radical (unpaired) electrons. The normalized spacial score (nSPS) is 25.0. The lowest BCUT2D eigenvalue weighted by Crippen LogP contribution is -2.51. The fourth-order valence-electron chi connectivity index (χ4n) is 3.43. The number of hydrogen-bond acceptors (Lipinski definition) is 4. The molecule has 2 fully saturated rings. The van der Waals surface area contributed by atoms with Gasteiger partial charge in [-0.25, -0.2) is 4.79 Å². The number of hydrogen-bond donors (Lipinski definition) is 1. The van der Waals surface area contributed by atoms with Crippen LogP contribution in [0.2, 0.25) is 0 Å². The molecule has 22 heavy (non-hydrogen) atoms. The SMILES string of the molecule is CN(C(=O)OC(C)(C)C)C1CCCN(CC2CCNCC2)C1. The van der Waals surface area contributed by atoms with Crippen molar-refractivity contribution in [3.63, 3.8) is 0 Å². The molecule has 0 bridgehead atoms. The Balaban J connectivity index is 1.82. The van der Waals surface area contributed by atoms with Crippen LogP contribution in [0.5, 0.6) is 0 Å². The molecule has 2 aliphatic rings. The van der Waals surface area contributed by atoms with Crippen molar-refractivity contribution in [2.75, 3.05) is 39.8 Å². The van der Waals surface area contributed by atoms with Crippen LogP contribution in [0.3, 0.4) is 0 Å². The van der Waals surface area contributed by atoms with Gasteiger partial charge in [-0.1, -0.05) is 0 Å². The van der Waals surface area contributed by atoms with E-state index in [1.165, 1.54) is 32.4 Å². The monoisotopic (exact) mass is 311 g/mol. The van der Waals surface area contributed by atoms with Gasteiger partial charge in [0.15, 0.2) is 0 Å². The largest absolute Gasteiger partial charge is 0.444 e. The van der Waals surface area contributed by atoms with Crippen molar-refractivity contribution in [1.29, 1.82) is 0 Å². The predicted molar refractivity (Wildman–Crippen MR) is 89.1 cm³/mol. The topological polar surface area (TPSA) is 44.8 Å². The highest BCUT2D eigenvalue weighted by Gasteiger charge is 2.30. The maximum Gasteiger partial charge on any atom is 0.410 e. The van der Waals surface area contributed by atoms with Crippen LogP contribution in [0.15, 0.2) is 0 Å². The molecule has 0 saturated carbocycles. The summed E-state index contributed by atoms with van der Waals surface area (Å²) in [6.07, 6.45) is 4.62. The van der Waals surface area contributed by atoms with E-state index in [9.17, 15) is 4.79 Å². The molecular weight excluding hydrogens is 278 g/mol. The molecule has 1 atom stereocenters. The van der Waals surface area contributed by atoms with Crippen molar-refractivity contribution in [3.05, 3.63) is 0 Å².